The highest BCUT2D eigenvalue weighted by atomic mass is 19.4. The van der Waals surface area contributed by atoms with Crippen molar-refractivity contribution in [1.29, 1.82) is 0 Å². The second-order valence-electron chi connectivity index (χ2n) is 10.4. The number of hydrogen-bond donors (Lipinski definition) is 3. The summed E-state index contributed by atoms with van der Waals surface area (Å²) in [5, 5.41) is 10.2. The van der Waals surface area contributed by atoms with Gasteiger partial charge >= 0.3 is 6.18 Å². The highest BCUT2D eigenvalue weighted by Gasteiger charge is 2.36. The van der Waals surface area contributed by atoms with Crippen LogP contribution in [0.4, 0.5) is 18.9 Å². The number of anilines is 1. The zero-order valence-electron chi connectivity index (χ0n) is 22.4. The van der Waals surface area contributed by atoms with Crippen LogP contribution in [-0.4, -0.2) is 22.2 Å². The minimum absolute atomic E-state index is 0.0984. The van der Waals surface area contributed by atoms with E-state index in [0.29, 0.717) is 22.9 Å². The minimum atomic E-state index is -4.71. The van der Waals surface area contributed by atoms with Gasteiger partial charge in [-0.15, -0.1) is 0 Å². The lowest BCUT2D eigenvalue weighted by atomic mass is 9.93. The summed E-state index contributed by atoms with van der Waals surface area (Å²) in [5.41, 5.74) is 10.2. The van der Waals surface area contributed by atoms with Gasteiger partial charge in [0.2, 0.25) is 0 Å². The molecule has 6 nitrogen and oxygen atoms in total. The number of aromatic nitrogens is 2. The van der Waals surface area contributed by atoms with E-state index in [-0.39, 0.29) is 18.3 Å². The molecule has 9 heteroatoms. The van der Waals surface area contributed by atoms with E-state index in [1.54, 1.807) is 30.3 Å². The van der Waals surface area contributed by atoms with Crippen LogP contribution >= 0.6 is 0 Å². The molecule has 40 heavy (non-hydrogen) atoms. The first-order valence-corrected chi connectivity index (χ1v) is 13.3. The third kappa shape index (κ3) is 6.26. The van der Waals surface area contributed by atoms with Gasteiger partial charge in [0.05, 0.1) is 11.7 Å². The number of amides is 1. The molecular formula is C31H32F3N5O. The molecular weight excluding hydrogens is 515 g/mol. The van der Waals surface area contributed by atoms with Crippen molar-refractivity contribution in [1.82, 2.24) is 15.1 Å². The maximum absolute atomic E-state index is 13.6. The molecule has 5 rings (SSSR count). The lowest BCUT2D eigenvalue weighted by Gasteiger charge is -2.23. The zero-order chi connectivity index (χ0) is 28.4. The van der Waals surface area contributed by atoms with Crippen LogP contribution in [0.2, 0.25) is 0 Å². The molecule has 0 saturated heterocycles. The van der Waals surface area contributed by atoms with Crippen LogP contribution in [0.1, 0.15) is 62.9 Å². The average Bonchev–Trinajstić information content (AvgIpc) is 3.64. The minimum Gasteiger partial charge on any atom is -0.326 e. The third-order valence-electron chi connectivity index (χ3n) is 7.15. The van der Waals surface area contributed by atoms with Crippen LogP contribution in [0.15, 0.2) is 72.8 Å². The number of hydrogen-bond acceptors (Lipinski definition) is 4. The molecule has 1 amide bonds. The molecule has 1 aliphatic rings. The Morgan fingerprint density at radius 3 is 2.55 bits per heavy atom. The van der Waals surface area contributed by atoms with E-state index in [1.807, 2.05) is 18.2 Å². The maximum Gasteiger partial charge on any atom is 0.435 e. The molecule has 0 radical (unpaired) electrons. The Balaban J connectivity index is 1.47. The first kappa shape index (κ1) is 27.6. The average molecular weight is 548 g/mol. The second kappa shape index (κ2) is 11.3. The topological polar surface area (TPSA) is 85.0 Å². The molecule has 1 unspecified atom stereocenters. The molecule has 1 saturated carbocycles. The van der Waals surface area contributed by atoms with Crippen molar-refractivity contribution in [3.63, 3.8) is 0 Å². The van der Waals surface area contributed by atoms with Crippen molar-refractivity contribution >= 4 is 11.6 Å². The zero-order valence-corrected chi connectivity index (χ0v) is 22.4. The van der Waals surface area contributed by atoms with Gasteiger partial charge in [-0.1, -0.05) is 48.0 Å². The number of carbonyl (C=O) groups excluding carboxylic acids is 1. The van der Waals surface area contributed by atoms with Gasteiger partial charge in [0, 0.05) is 18.3 Å². The largest absolute Gasteiger partial charge is 0.435 e. The van der Waals surface area contributed by atoms with E-state index in [2.05, 4.69) is 47.8 Å². The summed E-state index contributed by atoms with van der Waals surface area (Å²) in [7, 11) is 0. The predicted molar refractivity (Wildman–Crippen MR) is 149 cm³/mol. The van der Waals surface area contributed by atoms with Gasteiger partial charge < -0.3 is 16.4 Å². The standard InChI is InChI=1S/C31H32F3N5O/c1-19-9-10-20(2)26(13-19)29(36-18-21-11-12-21)23-6-4-7-24(15-23)37-30(40)27-16-28(31(32,33)34)38-39(27)25-8-3-5-22(14-25)17-35/h3-10,13-16,21,29,36H,11-12,17-18,35H2,1-2H3,(H,37,40). The molecule has 4 N–H and O–H groups in total. The second-order valence-corrected chi connectivity index (χ2v) is 10.4. The summed E-state index contributed by atoms with van der Waals surface area (Å²) in [6.07, 6.45) is -2.29. The van der Waals surface area contributed by atoms with Crippen molar-refractivity contribution in [3.8, 4) is 5.69 Å². The quantitative estimate of drug-likeness (QED) is 0.229. The Morgan fingerprint density at radius 2 is 1.82 bits per heavy atom. The molecule has 1 atom stereocenters. The highest BCUT2D eigenvalue weighted by Crippen LogP contribution is 2.33. The van der Waals surface area contributed by atoms with Gasteiger partial charge in [0.1, 0.15) is 5.69 Å². The number of nitrogens with one attached hydrogen (secondary N) is 2. The molecule has 0 spiro atoms. The number of carbonyl (C=O) groups is 1. The van der Waals surface area contributed by atoms with Crippen LogP contribution in [0.3, 0.4) is 0 Å². The lowest BCUT2D eigenvalue weighted by Crippen LogP contribution is -2.25. The molecule has 4 aromatic rings. The number of alkyl halides is 3. The fraction of sp³-hybridized carbons (Fsp3) is 0.290. The van der Waals surface area contributed by atoms with Crippen molar-refractivity contribution in [2.75, 3.05) is 11.9 Å². The number of halogens is 3. The Bertz CT molecular complexity index is 1520. The summed E-state index contributed by atoms with van der Waals surface area (Å²) in [6, 6.07) is 21.1. The molecule has 1 fully saturated rings. The van der Waals surface area contributed by atoms with E-state index in [9.17, 15) is 18.0 Å². The smallest absolute Gasteiger partial charge is 0.326 e. The van der Waals surface area contributed by atoms with Gasteiger partial charge in [0.25, 0.3) is 5.91 Å². The number of benzene rings is 3. The summed E-state index contributed by atoms with van der Waals surface area (Å²) in [4.78, 5) is 13.4. The number of nitrogens with zero attached hydrogens (tertiary/aromatic N) is 2. The maximum atomic E-state index is 13.6. The van der Waals surface area contributed by atoms with Crippen LogP contribution in [-0.2, 0) is 12.7 Å². The summed E-state index contributed by atoms with van der Waals surface area (Å²) in [5.74, 6) is -0.0380. The Morgan fingerprint density at radius 1 is 1.05 bits per heavy atom. The third-order valence-corrected chi connectivity index (χ3v) is 7.15. The highest BCUT2D eigenvalue weighted by molar-refractivity contribution is 6.03. The van der Waals surface area contributed by atoms with E-state index in [0.717, 1.165) is 39.5 Å². The molecule has 1 aliphatic carbocycles. The van der Waals surface area contributed by atoms with Crippen LogP contribution in [0.25, 0.3) is 5.69 Å². The fourth-order valence-electron chi connectivity index (χ4n) is 4.77. The van der Waals surface area contributed by atoms with Crippen molar-refractivity contribution < 1.29 is 18.0 Å². The number of nitrogens with two attached hydrogens (primary N) is 1. The van der Waals surface area contributed by atoms with E-state index in [4.69, 9.17) is 5.73 Å². The summed E-state index contributed by atoms with van der Waals surface area (Å²) < 4.78 is 41.8. The fourth-order valence-corrected chi connectivity index (χ4v) is 4.77. The van der Waals surface area contributed by atoms with Gasteiger partial charge in [0.15, 0.2) is 5.69 Å². The van der Waals surface area contributed by atoms with Crippen LogP contribution < -0.4 is 16.4 Å². The van der Waals surface area contributed by atoms with Crippen molar-refractivity contribution in [3.05, 3.63) is 112 Å². The monoisotopic (exact) mass is 547 g/mol. The molecule has 3 aromatic carbocycles. The van der Waals surface area contributed by atoms with Crippen molar-refractivity contribution in [2.45, 2.75) is 45.5 Å². The first-order chi connectivity index (χ1) is 19.1. The van der Waals surface area contributed by atoms with Crippen LogP contribution in [0, 0.1) is 19.8 Å². The van der Waals surface area contributed by atoms with Gasteiger partial charge in [-0.3, -0.25) is 4.79 Å². The van der Waals surface area contributed by atoms with E-state index < -0.39 is 17.8 Å². The predicted octanol–water partition coefficient (Wildman–Crippen LogP) is 6.31. The van der Waals surface area contributed by atoms with Gasteiger partial charge in [-0.2, -0.15) is 18.3 Å². The van der Waals surface area contributed by atoms with E-state index in [1.165, 1.54) is 12.8 Å². The summed E-state index contributed by atoms with van der Waals surface area (Å²) >= 11 is 0. The Hall–Kier alpha value is -3.95. The Labute approximate surface area is 231 Å². The number of aryl methyl sites for hydroxylation is 2. The number of rotatable bonds is 9. The molecule has 1 heterocycles. The molecule has 1 aromatic heterocycles. The molecule has 0 aliphatic heterocycles. The lowest BCUT2D eigenvalue weighted by molar-refractivity contribution is -0.141. The first-order valence-electron chi connectivity index (χ1n) is 13.3. The Kier molecular flexibility index (Phi) is 7.78. The molecule has 0 bridgehead atoms. The SMILES string of the molecule is Cc1ccc(C)c(C(NCC2CC2)c2cccc(NC(=O)c3cc(C(F)(F)F)nn3-c3cccc(CN)c3)c2)c1. The van der Waals surface area contributed by atoms with E-state index >= 15 is 0 Å². The van der Waals surface area contributed by atoms with Crippen molar-refractivity contribution in [2.24, 2.45) is 11.7 Å². The molecule has 208 valence electrons. The van der Waals surface area contributed by atoms with Gasteiger partial charge in [-0.05, 0) is 85.7 Å². The van der Waals surface area contributed by atoms with Crippen LogP contribution in [0.5, 0.6) is 0 Å². The van der Waals surface area contributed by atoms with Gasteiger partial charge in [-0.25, -0.2) is 4.68 Å². The summed E-state index contributed by atoms with van der Waals surface area (Å²) in [6.45, 7) is 5.21. The normalized spacial score (nSPS) is 14.2.